The molecule has 0 aliphatic rings. The van der Waals surface area contributed by atoms with E-state index in [1.165, 1.54) is 110 Å². The second-order valence-corrected chi connectivity index (χ2v) is 8.28. The van der Waals surface area contributed by atoms with Gasteiger partial charge in [-0.1, -0.05) is 103 Å². The van der Waals surface area contributed by atoms with Gasteiger partial charge in [0.1, 0.15) is 12.7 Å². The molecular weight excluding hydrogens is 396 g/mol. The Labute approximate surface area is 191 Å². The molecule has 0 aromatic heterocycles. The number of esters is 2. The van der Waals surface area contributed by atoms with Gasteiger partial charge in [0, 0.05) is 13.8 Å². The van der Waals surface area contributed by atoms with Gasteiger partial charge in [-0.05, 0) is 6.42 Å². The van der Waals surface area contributed by atoms with Crippen molar-refractivity contribution < 1.29 is 29.3 Å². The van der Waals surface area contributed by atoms with Crippen molar-refractivity contribution in [2.45, 2.75) is 130 Å². The number of aliphatic hydroxyl groups is 2. The smallest absolute Gasteiger partial charge is 0.302 e. The van der Waals surface area contributed by atoms with Crippen LogP contribution in [0.1, 0.15) is 124 Å². The zero-order valence-corrected chi connectivity index (χ0v) is 20.5. The van der Waals surface area contributed by atoms with Crippen LogP contribution in [0.15, 0.2) is 0 Å². The van der Waals surface area contributed by atoms with E-state index >= 15 is 0 Å². The van der Waals surface area contributed by atoms with Gasteiger partial charge in [0.15, 0.2) is 0 Å². The van der Waals surface area contributed by atoms with Crippen molar-refractivity contribution in [3.05, 3.63) is 0 Å². The summed E-state index contributed by atoms with van der Waals surface area (Å²) in [5.41, 5.74) is 0. The second-order valence-electron chi connectivity index (χ2n) is 8.28. The molecule has 6 heteroatoms. The molecule has 0 saturated carbocycles. The minimum Gasteiger partial charge on any atom is -0.466 e. The quantitative estimate of drug-likeness (QED) is 0.184. The Balaban J connectivity index is 0. The van der Waals surface area contributed by atoms with Crippen LogP contribution in [0.5, 0.6) is 0 Å². The predicted octanol–water partition coefficient (Wildman–Crippen LogP) is 5.71. The molecule has 0 amide bonds. The third kappa shape index (κ3) is 33.7. The SMILES string of the molecule is CC(=O)OCC(O)CO.CCCCCCCCCCCCCCCCCCOC(C)=O. The Kier molecular flexibility index (Phi) is 27.8. The maximum absolute atomic E-state index is 10.6. The topological polar surface area (TPSA) is 93.1 Å². The zero-order valence-electron chi connectivity index (χ0n) is 20.5. The number of carbonyl (C=O) groups excluding carboxylic acids is 2. The van der Waals surface area contributed by atoms with E-state index in [1.807, 2.05) is 0 Å². The lowest BCUT2D eigenvalue weighted by Crippen LogP contribution is -2.20. The van der Waals surface area contributed by atoms with E-state index < -0.39 is 12.1 Å². The fourth-order valence-corrected chi connectivity index (χ4v) is 3.13. The number of rotatable bonds is 20. The van der Waals surface area contributed by atoms with Crippen molar-refractivity contribution >= 4 is 11.9 Å². The van der Waals surface area contributed by atoms with Gasteiger partial charge in [0.25, 0.3) is 0 Å². The van der Waals surface area contributed by atoms with E-state index in [9.17, 15) is 9.59 Å². The number of ether oxygens (including phenoxy) is 2. The molecule has 31 heavy (non-hydrogen) atoms. The largest absolute Gasteiger partial charge is 0.466 e. The number of aliphatic hydroxyl groups excluding tert-OH is 2. The summed E-state index contributed by atoms with van der Waals surface area (Å²) in [6, 6.07) is 0. The highest BCUT2D eigenvalue weighted by Crippen LogP contribution is 2.13. The third-order valence-corrected chi connectivity index (χ3v) is 4.99. The molecule has 0 aromatic rings. The van der Waals surface area contributed by atoms with Crippen molar-refractivity contribution in [1.29, 1.82) is 0 Å². The molecule has 0 aliphatic carbocycles. The molecule has 0 aliphatic heterocycles. The lowest BCUT2D eigenvalue weighted by molar-refractivity contribution is -0.144. The normalized spacial score (nSPS) is 11.4. The zero-order chi connectivity index (χ0) is 23.6. The minimum absolute atomic E-state index is 0.133. The number of carbonyl (C=O) groups is 2. The molecule has 0 aromatic carbocycles. The van der Waals surface area contributed by atoms with Crippen LogP contribution in [-0.4, -0.2) is 48.1 Å². The highest BCUT2D eigenvalue weighted by atomic mass is 16.5. The first-order valence-electron chi connectivity index (χ1n) is 12.5. The van der Waals surface area contributed by atoms with Crippen LogP contribution in [0.25, 0.3) is 0 Å². The van der Waals surface area contributed by atoms with Gasteiger partial charge in [0.2, 0.25) is 0 Å². The van der Waals surface area contributed by atoms with Crippen LogP contribution in [-0.2, 0) is 19.1 Å². The average Bonchev–Trinajstić information content (AvgIpc) is 2.74. The molecule has 0 saturated heterocycles. The molecule has 1 unspecified atom stereocenters. The standard InChI is InChI=1S/C20H40O2.C5H10O4/c1-3-4-5-6-7-8-9-10-11-12-13-14-15-16-17-18-19-22-20(2)21;1-4(7)9-3-5(8)2-6/h3-19H2,1-2H3;5-6,8H,2-3H2,1H3. The summed E-state index contributed by atoms with van der Waals surface area (Å²) in [5, 5.41) is 16.8. The van der Waals surface area contributed by atoms with Gasteiger partial charge in [-0.3, -0.25) is 9.59 Å². The Morgan fingerprint density at radius 1 is 0.645 bits per heavy atom. The van der Waals surface area contributed by atoms with Gasteiger partial charge >= 0.3 is 11.9 Å². The first kappa shape index (κ1) is 32.0. The molecule has 0 radical (unpaired) electrons. The minimum atomic E-state index is -0.950. The third-order valence-electron chi connectivity index (χ3n) is 4.99. The van der Waals surface area contributed by atoms with E-state index in [4.69, 9.17) is 14.9 Å². The molecule has 0 spiro atoms. The fourth-order valence-electron chi connectivity index (χ4n) is 3.13. The molecule has 186 valence electrons. The molecular formula is C25H50O6. The van der Waals surface area contributed by atoms with Crippen LogP contribution < -0.4 is 0 Å². The number of hydrogen-bond acceptors (Lipinski definition) is 6. The van der Waals surface area contributed by atoms with E-state index in [1.54, 1.807) is 0 Å². The van der Waals surface area contributed by atoms with Crippen LogP contribution >= 0.6 is 0 Å². The summed E-state index contributed by atoms with van der Waals surface area (Å²) in [7, 11) is 0. The molecule has 0 fully saturated rings. The Morgan fingerprint density at radius 2 is 1.00 bits per heavy atom. The van der Waals surface area contributed by atoms with Crippen LogP contribution in [0.3, 0.4) is 0 Å². The van der Waals surface area contributed by atoms with Crippen LogP contribution in [0.4, 0.5) is 0 Å². The summed E-state index contributed by atoms with van der Waals surface area (Å²) in [6.07, 6.45) is 21.0. The molecule has 6 nitrogen and oxygen atoms in total. The van der Waals surface area contributed by atoms with E-state index in [0.717, 1.165) is 6.42 Å². The summed E-state index contributed by atoms with van der Waals surface area (Å²) < 4.78 is 9.27. The predicted molar refractivity (Wildman–Crippen MR) is 126 cm³/mol. The van der Waals surface area contributed by atoms with Gasteiger partial charge in [-0.2, -0.15) is 0 Å². The maximum Gasteiger partial charge on any atom is 0.302 e. The number of hydrogen-bond donors (Lipinski definition) is 2. The van der Waals surface area contributed by atoms with Gasteiger partial charge < -0.3 is 19.7 Å². The first-order chi connectivity index (χ1) is 14.9. The summed E-state index contributed by atoms with van der Waals surface area (Å²) >= 11 is 0. The van der Waals surface area contributed by atoms with Crippen molar-refractivity contribution in [1.82, 2.24) is 0 Å². The summed E-state index contributed by atoms with van der Waals surface area (Å²) in [6.45, 7) is 5.09. The molecule has 0 heterocycles. The van der Waals surface area contributed by atoms with Crippen LogP contribution in [0, 0.1) is 0 Å². The van der Waals surface area contributed by atoms with Crippen molar-refractivity contribution in [2.75, 3.05) is 19.8 Å². The Bertz CT molecular complexity index is 386. The molecule has 0 bridgehead atoms. The molecule has 1 atom stereocenters. The van der Waals surface area contributed by atoms with E-state index in [2.05, 4.69) is 11.7 Å². The highest BCUT2D eigenvalue weighted by Gasteiger charge is 2.02. The number of unbranched alkanes of at least 4 members (excludes halogenated alkanes) is 15. The monoisotopic (exact) mass is 446 g/mol. The van der Waals surface area contributed by atoms with Crippen LogP contribution in [0.2, 0.25) is 0 Å². The lowest BCUT2D eigenvalue weighted by atomic mass is 10.0. The Hall–Kier alpha value is -1.14. The molecule has 0 rings (SSSR count). The van der Waals surface area contributed by atoms with E-state index in [-0.39, 0.29) is 19.2 Å². The van der Waals surface area contributed by atoms with Crippen molar-refractivity contribution in [2.24, 2.45) is 0 Å². The second kappa shape index (κ2) is 26.9. The van der Waals surface area contributed by atoms with E-state index in [0.29, 0.717) is 6.61 Å². The summed E-state index contributed by atoms with van der Waals surface area (Å²) in [4.78, 5) is 20.6. The van der Waals surface area contributed by atoms with Gasteiger partial charge in [0.05, 0.1) is 13.2 Å². The highest BCUT2D eigenvalue weighted by molar-refractivity contribution is 5.66. The summed E-state index contributed by atoms with van der Waals surface area (Å²) in [5.74, 6) is -0.608. The lowest BCUT2D eigenvalue weighted by Gasteiger charge is -2.05. The fraction of sp³-hybridized carbons (Fsp3) is 0.920. The van der Waals surface area contributed by atoms with Crippen molar-refractivity contribution in [3.63, 3.8) is 0 Å². The average molecular weight is 447 g/mol. The van der Waals surface area contributed by atoms with Crippen molar-refractivity contribution in [3.8, 4) is 0 Å². The van der Waals surface area contributed by atoms with Gasteiger partial charge in [-0.25, -0.2) is 0 Å². The first-order valence-corrected chi connectivity index (χ1v) is 12.5. The van der Waals surface area contributed by atoms with Gasteiger partial charge in [-0.15, -0.1) is 0 Å². The maximum atomic E-state index is 10.6. The Morgan fingerprint density at radius 3 is 1.32 bits per heavy atom. The molecule has 2 N–H and O–H groups in total.